The van der Waals surface area contributed by atoms with Crippen LogP contribution in [0.2, 0.25) is 0 Å². The van der Waals surface area contributed by atoms with E-state index in [-0.39, 0.29) is 25.2 Å². The molecule has 1 fully saturated rings. The summed E-state index contributed by atoms with van der Waals surface area (Å²) in [6, 6.07) is 7.72. The number of nitrogens with one attached hydrogen (secondary N) is 1. The van der Waals surface area contributed by atoms with Gasteiger partial charge in [-0.05, 0) is 44.2 Å². The quantitative estimate of drug-likeness (QED) is 0.806. The molecule has 0 radical (unpaired) electrons. The molecule has 6 nitrogen and oxygen atoms in total. The topological polar surface area (TPSA) is 78.9 Å². The Morgan fingerprint density at radius 3 is 2.83 bits per heavy atom. The fourth-order valence-corrected chi connectivity index (χ4v) is 3.36. The molecule has 6 heteroatoms. The van der Waals surface area contributed by atoms with Crippen LogP contribution >= 0.6 is 0 Å². The zero-order chi connectivity index (χ0) is 17.3. The molecule has 2 atom stereocenters. The first-order valence-electron chi connectivity index (χ1n) is 8.40. The Kier molecular flexibility index (Phi) is 4.60. The summed E-state index contributed by atoms with van der Waals surface area (Å²) in [4.78, 5) is 25.0. The van der Waals surface area contributed by atoms with Gasteiger partial charge in [0.2, 0.25) is 0 Å². The van der Waals surface area contributed by atoms with Crippen LogP contribution in [0.5, 0.6) is 0 Å². The summed E-state index contributed by atoms with van der Waals surface area (Å²) >= 11 is 0. The number of rotatable bonds is 5. The summed E-state index contributed by atoms with van der Waals surface area (Å²) in [5.41, 5.74) is 1.55. The number of aliphatic hydroxyl groups is 1. The monoisotopic (exact) mass is 332 g/mol. The number of hydrogen-bond donors (Lipinski definition) is 2. The molecule has 1 aromatic rings. The Hall–Kier alpha value is -1.92. The molecule has 0 saturated carbocycles. The van der Waals surface area contributed by atoms with E-state index in [1.54, 1.807) is 13.8 Å². The van der Waals surface area contributed by atoms with E-state index in [9.17, 15) is 14.7 Å². The fraction of sp³-hybridized carbons (Fsp3) is 0.556. The van der Waals surface area contributed by atoms with Crippen LogP contribution in [0.25, 0.3) is 0 Å². The number of urea groups is 1. The Labute approximate surface area is 141 Å². The number of fused-ring (bicyclic) bond motifs is 1. The molecule has 0 spiro atoms. The van der Waals surface area contributed by atoms with E-state index < -0.39 is 17.7 Å². The molecular weight excluding hydrogens is 308 g/mol. The number of nitrogens with zero attached hydrogens (tertiary/aromatic N) is 1. The third-order valence-corrected chi connectivity index (χ3v) is 4.64. The van der Waals surface area contributed by atoms with Crippen molar-refractivity contribution in [2.24, 2.45) is 0 Å². The Morgan fingerprint density at radius 2 is 2.12 bits per heavy atom. The Balaban J connectivity index is 1.56. The van der Waals surface area contributed by atoms with Gasteiger partial charge in [0.15, 0.2) is 0 Å². The number of imide groups is 1. The van der Waals surface area contributed by atoms with Crippen LogP contribution < -0.4 is 5.32 Å². The molecule has 3 rings (SSSR count). The average Bonchev–Trinajstić information content (AvgIpc) is 2.74. The minimum absolute atomic E-state index is 0.0378. The van der Waals surface area contributed by atoms with E-state index in [0.29, 0.717) is 0 Å². The molecule has 1 aromatic carbocycles. The molecule has 1 heterocycles. The second-order valence-electron chi connectivity index (χ2n) is 7.04. The molecular formula is C18H24N2O4. The maximum absolute atomic E-state index is 12.1. The first-order valence-corrected chi connectivity index (χ1v) is 8.40. The SMILES string of the molecule is CC1(C)NC(=O)N(C[C@@H](O)CO[C@@H]2CCCc3ccccc32)C1=O. The Bertz CT molecular complexity index is 644. The second kappa shape index (κ2) is 6.53. The standard InChI is InChI=1S/C18H24N2O4/c1-18(2)16(22)20(17(23)19-18)10-13(21)11-24-15-9-5-7-12-6-3-4-8-14(12)15/h3-4,6,8,13,15,21H,5,7,9-11H2,1-2H3,(H,19,23)/t13-,15-/m1/s1. The maximum atomic E-state index is 12.1. The van der Waals surface area contributed by atoms with E-state index >= 15 is 0 Å². The summed E-state index contributed by atoms with van der Waals surface area (Å²) in [6.07, 6.45) is 2.08. The highest BCUT2D eigenvalue weighted by atomic mass is 16.5. The largest absolute Gasteiger partial charge is 0.389 e. The first kappa shape index (κ1) is 16.9. The van der Waals surface area contributed by atoms with Crippen molar-refractivity contribution in [1.82, 2.24) is 10.2 Å². The molecule has 0 bridgehead atoms. The van der Waals surface area contributed by atoms with Gasteiger partial charge in [-0.1, -0.05) is 24.3 Å². The van der Waals surface area contributed by atoms with Crippen molar-refractivity contribution in [3.63, 3.8) is 0 Å². The van der Waals surface area contributed by atoms with Crippen molar-refractivity contribution in [2.75, 3.05) is 13.2 Å². The predicted molar refractivity (Wildman–Crippen MR) is 88.4 cm³/mol. The summed E-state index contributed by atoms with van der Waals surface area (Å²) in [6.45, 7) is 3.34. The minimum Gasteiger partial charge on any atom is -0.389 e. The van der Waals surface area contributed by atoms with Crippen LogP contribution in [-0.4, -0.2) is 46.7 Å². The predicted octanol–water partition coefficient (Wildman–Crippen LogP) is 1.77. The third kappa shape index (κ3) is 3.30. The van der Waals surface area contributed by atoms with Gasteiger partial charge >= 0.3 is 6.03 Å². The number of aryl methyl sites for hydroxylation is 1. The molecule has 1 aliphatic carbocycles. The van der Waals surface area contributed by atoms with Gasteiger partial charge < -0.3 is 15.2 Å². The van der Waals surface area contributed by atoms with E-state index in [1.165, 1.54) is 11.1 Å². The van der Waals surface area contributed by atoms with E-state index in [0.717, 1.165) is 24.2 Å². The van der Waals surface area contributed by atoms with Crippen molar-refractivity contribution in [3.05, 3.63) is 35.4 Å². The molecule has 0 aromatic heterocycles. The summed E-state index contributed by atoms with van der Waals surface area (Å²) in [5, 5.41) is 12.8. The van der Waals surface area contributed by atoms with Gasteiger partial charge in [0.05, 0.1) is 25.4 Å². The van der Waals surface area contributed by atoms with Crippen LogP contribution in [0.4, 0.5) is 4.79 Å². The minimum atomic E-state index is -0.917. The number of carbonyl (C=O) groups is 2. The highest BCUT2D eigenvalue weighted by Crippen LogP contribution is 2.32. The molecule has 2 aliphatic rings. The number of amides is 3. The molecule has 1 saturated heterocycles. The highest BCUT2D eigenvalue weighted by molar-refractivity contribution is 6.06. The van der Waals surface area contributed by atoms with Crippen LogP contribution in [0, 0.1) is 0 Å². The third-order valence-electron chi connectivity index (χ3n) is 4.64. The number of ether oxygens (including phenoxy) is 1. The molecule has 24 heavy (non-hydrogen) atoms. The summed E-state index contributed by atoms with van der Waals surface area (Å²) in [7, 11) is 0. The lowest BCUT2D eigenvalue weighted by Crippen LogP contribution is -2.42. The van der Waals surface area contributed by atoms with Gasteiger partial charge in [0.1, 0.15) is 5.54 Å². The van der Waals surface area contributed by atoms with Crippen molar-refractivity contribution in [2.45, 2.75) is 50.9 Å². The zero-order valence-electron chi connectivity index (χ0n) is 14.1. The molecule has 1 aliphatic heterocycles. The van der Waals surface area contributed by atoms with Gasteiger partial charge in [-0.2, -0.15) is 0 Å². The Morgan fingerprint density at radius 1 is 1.38 bits per heavy atom. The summed E-state index contributed by atoms with van der Waals surface area (Å²) in [5.74, 6) is -0.324. The highest BCUT2D eigenvalue weighted by Gasteiger charge is 2.44. The number of β-amino-alcohol motifs (C(OH)–C–C–N with tert-alkyl or cyclic N) is 1. The van der Waals surface area contributed by atoms with Crippen LogP contribution in [0.1, 0.15) is 43.9 Å². The number of carbonyl (C=O) groups excluding carboxylic acids is 2. The van der Waals surface area contributed by atoms with E-state index in [1.807, 2.05) is 12.1 Å². The lowest BCUT2D eigenvalue weighted by molar-refractivity contribution is -0.131. The number of benzene rings is 1. The van der Waals surface area contributed by atoms with Gasteiger partial charge in [-0.25, -0.2) is 4.79 Å². The van der Waals surface area contributed by atoms with Crippen molar-refractivity contribution in [3.8, 4) is 0 Å². The zero-order valence-corrected chi connectivity index (χ0v) is 14.1. The van der Waals surface area contributed by atoms with Crippen LogP contribution in [0.15, 0.2) is 24.3 Å². The molecule has 2 N–H and O–H groups in total. The van der Waals surface area contributed by atoms with Crippen molar-refractivity contribution < 1.29 is 19.4 Å². The van der Waals surface area contributed by atoms with Gasteiger partial charge in [0, 0.05) is 0 Å². The van der Waals surface area contributed by atoms with Crippen molar-refractivity contribution >= 4 is 11.9 Å². The number of hydrogen-bond acceptors (Lipinski definition) is 4. The molecule has 0 unspecified atom stereocenters. The average molecular weight is 332 g/mol. The number of aliphatic hydroxyl groups excluding tert-OH is 1. The first-order chi connectivity index (χ1) is 11.4. The smallest absolute Gasteiger partial charge is 0.325 e. The summed E-state index contributed by atoms with van der Waals surface area (Å²) < 4.78 is 5.88. The van der Waals surface area contributed by atoms with Crippen molar-refractivity contribution in [1.29, 1.82) is 0 Å². The second-order valence-corrected chi connectivity index (χ2v) is 7.04. The lowest BCUT2D eigenvalue weighted by Gasteiger charge is -2.27. The van der Waals surface area contributed by atoms with E-state index in [4.69, 9.17) is 4.74 Å². The van der Waals surface area contributed by atoms with Gasteiger partial charge in [-0.3, -0.25) is 9.69 Å². The lowest BCUT2D eigenvalue weighted by atomic mass is 9.89. The molecule has 130 valence electrons. The van der Waals surface area contributed by atoms with E-state index in [2.05, 4.69) is 17.4 Å². The van der Waals surface area contributed by atoms with Crippen LogP contribution in [-0.2, 0) is 16.0 Å². The van der Waals surface area contributed by atoms with Crippen LogP contribution in [0.3, 0.4) is 0 Å². The fourth-order valence-electron chi connectivity index (χ4n) is 3.36. The normalized spacial score (nSPS) is 23.8. The molecule has 3 amide bonds. The van der Waals surface area contributed by atoms with Gasteiger partial charge in [-0.15, -0.1) is 0 Å². The maximum Gasteiger partial charge on any atom is 0.325 e. The van der Waals surface area contributed by atoms with Gasteiger partial charge in [0.25, 0.3) is 5.91 Å².